The third kappa shape index (κ3) is 5.50. The lowest BCUT2D eigenvalue weighted by Crippen LogP contribution is -1.99. The van der Waals surface area contributed by atoms with Gasteiger partial charge in [0.15, 0.2) is 11.6 Å². The molecule has 4 heterocycles. The lowest BCUT2D eigenvalue weighted by Gasteiger charge is -2.02. The van der Waals surface area contributed by atoms with Crippen LogP contribution in [-0.4, -0.2) is 46.9 Å². The lowest BCUT2D eigenvalue weighted by atomic mass is 10.3. The molecule has 4 rings (SSSR count). The van der Waals surface area contributed by atoms with Crippen LogP contribution < -0.4 is 5.32 Å². The van der Waals surface area contributed by atoms with Crippen molar-refractivity contribution in [3.63, 3.8) is 0 Å². The van der Waals surface area contributed by atoms with Crippen LogP contribution in [0, 0.1) is 0 Å². The van der Waals surface area contributed by atoms with Gasteiger partial charge >= 0.3 is 0 Å². The van der Waals surface area contributed by atoms with Crippen LogP contribution in [0.2, 0.25) is 15.6 Å². The van der Waals surface area contributed by atoms with Crippen LogP contribution >= 0.6 is 34.8 Å². The molecule has 0 saturated heterocycles. The molecule has 12 heteroatoms. The summed E-state index contributed by atoms with van der Waals surface area (Å²) in [5.41, 5.74) is 1.33. The average molecular weight is 449 g/mol. The van der Waals surface area contributed by atoms with Crippen molar-refractivity contribution in [2.75, 3.05) is 12.4 Å². The second kappa shape index (κ2) is 9.97. The summed E-state index contributed by atoms with van der Waals surface area (Å²) >= 11 is 17.4. The molecule has 0 aliphatic rings. The third-order valence-electron chi connectivity index (χ3n) is 3.34. The van der Waals surface area contributed by atoms with E-state index in [0.717, 1.165) is 0 Å². The molecular weight excluding hydrogens is 437 g/mol. The Morgan fingerprint density at radius 3 is 1.76 bits per heavy atom. The van der Waals surface area contributed by atoms with Gasteiger partial charge in [-0.3, -0.25) is 0 Å². The minimum absolute atomic E-state index is 0.134. The molecule has 0 amide bonds. The first-order valence-corrected chi connectivity index (χ1v) is 9.15. The van der Waals surface area contributed by atoms with E-state index in [-0.39, 0.29) is 5.28 Å². The van der Waals surface area contributed by atoms with Crippen molar-refractivity contribution in [2.24, 2.45) is 0 Å². The fraction of sp³-hybridized carbons (Fsp3) is 0.0588. The van der Waals surface area contributed by atoms with Crippen LogP contribution in [0.3, 0.4) is 0 Å². The predicted molar refractivity (Wildman–Crippen MR) is 111 cm³/mol. The Morgan fingerprint density at radius 1 is 0.690 bits per heavy atom. The Morgan fingerprint density at radius 2 is 1.24 bits per heavy atom. The molecule has 0 aliphatic carbocycles. The first-order chi connectivity index (χ1) is 14.1. The van der Waals surface area contributed by atoms with Crippen molar-refractivity contribution in [3.05, 3.63) is 64.9 Å². The van der Waals surface area contributed by atoms with Gasteiger partial charge in [0.25, 0.3) is 0 Å². The average Bonchev–Trinajstić information content (AvgIpc) is 2.75. The van der Waals surface area contributed by atoms with E-state index in [2.05, 4.69) is 45.2 Å². The van der Waals surface area contributed by atoms with Crippen LogP contribution in [0.5, 0.6) is 0 Å². The summed E-state index contributed by atoms with van der Waals surface area (Å²) in [6.45, 7) is 0. The Labute approximate surface area is 180 Å². The summed E-state index contributed by atoms with van der Waals surface area (Å²) in [4.78, 5) is 31.5. The third-order valence-corrected chi connectivity index (χ3v) is 4.12. The molecule has 0 fully saturated rings. The number of pyridine rings is 2. The molecule has 0 spiro atoms. The number of hydrogen-bond donors (Lipinski definition) is 1. The van der Waals surface area contributed by atoms with E-state index in [4.69, 9.17) is 34.8 Å². The monoisotopic (exact) mass is 447 g/mol. The second-order valence-corrected chi connectivity index (χ2v) is 6.20. The van der Waals surface area contributed by atoms with Crippen LogP contribution in [0.15, 0.2) is 49.3 Å². The first kappa shape index (κ1) is 20.7. The van der Waals surface area contributed by atoms with Crippen LogP contribution in [-0.2, 0) is 0 Å². The molecule has 146 valence electrons. The zero-order chi connectivity index (χ0) is 20.6. The van der Waals surface area contributed by atoms with Crippen molar-refractivity contribution in [3.8, 4) is 22.8 Å². The number of nitrogens with zero attached hydrogens (tertiary/aromatic N) is 8. The van der Waals surface area contributed by atoms with Crippen molar-refractivity contribution in [1.82, 2.24) is 39.9 Å². The SMILES string of the molecule is CNc1ncnc(-c2cccnc2Cl)n1.Clc1ncnc(-c2cccnc2Cl)n1. The normalized spacial score (nSPS) is 10.1. The molecule has 0 aromatic carbocycles. The summed E-state index contributed by atoms with van der Waals surface area (Å²) in [7, 11) is 1.74. The topological polar surface area (TPSA) is 115 Å². The summed E-state index contributed by atoms with van der Waals surface area (Å²) in [5, 5.41) is 3.69. The van der Waals surface area contributed by atoms with E-state index in [1.54, 1.807) is 37.6 Å². The molecule has 1 N–H and O–H groups in total. The maximum atomic E-state index is 5.92. The number of anilines is 1. The van der Waals surface area contributed by atoms with Gasteiger partial charge in [0.05, 0.1) is 11.1 Å². The maximum Gasteiger partial charge on any atom is 0.225 e. The molecule has 4 aromatic rings. The highest BCUT2D eigenvalue weighted by Crippen LogP contribution is 2.23. The molecule has 0 saturated carbocycles. The highest BCUT2D eigenvalue weighted by molar-refractivity contribution is 6.32. The minimum atomic E-state index is 0.134. The predicted octanol–water partition coefficient (Wildman–Crippen LogP) is 3.87. The van der Waals surface area contributed by atoms with Gasteiger partial charge in [0.2, 0.25) is 11.2 Å². The molecule has 9 nitrogen and oxygen atoms in total. The van der Waals surface area contributed by atoms with E-state index in [9.17, 15) is 0 Å². The summed E-state index contributed by atoms with van der Waals surface area (Å²) in [5.74, 6) is 1.43. The second-order valence-electron chi connectivity index (χ2n) is 5.14. The Kier molecular flexibility index (Phi) is 7.12. The number of hydrogen-bond acceptors (Lipinski definition) is 9. The molecule has 4 aromatic heterocycles. The fourth-order valence-corrected chi connectivity index (χ4v) is 2.59. The van der Waals surface area contributed by atoms with Gasteiger partial charge in [-0.15, -0.1) is 0 Å². The van der Waals surface area contributed by atoms with Gasteiger partial charge < -0.3 is 5.32 Å². The molecule has 29 heavy (non-hydrogen) atoms. The van der Waals surface area contributed by atoms with Gasteiger partial charge in [-0.25, -0.2) is 29.9 Å². The van der Waals surface area contributed by atoms with Crippen LogP contribution in [0.4, 0.5) is 5.95 Å². The summed E-state index contributed by atoms with van der Waals surface area (Å²) < 4.78 is 0. The number of rotatable bonds is 3. The van der Waals surface area contributed by atoms with Crippen LogP contribution in [0.25, 0.3) is 22.8 Å². The van der Waals surface area contributed by atoms with Gasteiger partial charge in [-0.2, -0.15) is 9.97 Å². The quantitative estimate of drug-likeness (QED) is 0.466. The van der Waals surface area contributed by atoms with Crippen LogP contribution in [0.1, 0.15) is 0 Å². The Balaban J connectivity index is 0.000000166. The van der Waals surface area contributed by atoms with E-state index in [1.165, 1.54) is 12.7 Å². The fourth-order valence-electron chi connectivity index (χ4n) is 2.06. The highest BCUT2D eigenvalue weighted by Gasteiger charge is 2.08. The van der Waals surface area contributed by atoms with Gasteiger partial charge in [0, 0.05) is 19.4 Å². The molecule has 0 atom stereocenters. The molecule has 0 radical (unpaired) electrons. The largest absolute Gasteiger partial charge is 0.357 e. The molecule has 0 unspecified atom stereocenters. The summed E-state index contributed by atoms with van der Waals surface area (Å²) in [6, 6.07) is 7.11. The lowest BCUT2D eigenvalue weighted by molar-refractivity contribution is 1.05. The highest BCUT2D eigenvalue weighted by atomic mass is 35.5. The first-order valence-electron chi connectivity index (χ1n) is 8.01. The minimum Gasteiger partial charge on any atom is -0.357 e. The van der Waals surface area contributed by atoms with Crippen molar-refractivity contribution in [2.45, 2.75) is 0 Å². The van der Waals surface area contributed by atoms with E-state index in [0.29, 0.717) is 39.0 Å². The smallest absolute Gasteiger partial charge is 0.225 e. The molecule has 0 aliphatic heterocycles. The van der Waals surface area contributed by atoms with E-state index >= 15 is 0 Å². The molecular formula is C17H12Cl3N9. The number of nitrogens with one attached hydrogen (secondary N) is 1. The van der Waals surface area contributed by atoms with Crippen molar-refractivity contribution in [1.29, 1.82) is 0 Å². The standard InChI is InChI=1S/C9H8ClN5.C8H4Cl2N4/c1-11-9-14-5-13-8(15-9)6-3-2-4-12-7(6)10;9-6-5(2-1-3-11-6)7-12-4-13-8(10)14-7/h2-5H,1H3,(H,11,13,14,15);1-4H. The number of aromatic nitrogens is 8. The van der Waals surface area contributed by atoms with Gasteiger partial charge in [-0.05, 0) is 35.9 Å². The van der Waals surface area contributed by atoms with Gasteiger partial charge in [-0.1, -0.05) is 23.2 Å². The van der Waals surface area contributed by atoms with E-state index < -0.39 is 0 Å². The maximum absolute atomic E-state index is 5.92. The number of halogens is 3. The Hall–Kier alpha value is -3.01. The van der Waals surface area contributed by atoms with Crippen molar-refractivity contribution < 1.29 is 0 Å². The zero-order valence-electron chi connectivity index (χ0n) is 14.8. The van der Waals surface area contributed by atoms with E-state index in [1.807, 2.05) is 6.07 Å². The summed E-state index contributed by atoms with van der Waals surface area (Å²) in [6.07, 6.45) is 5.96. The van der Waals surface area contributed by atoms with Gasteiger partial charge in [0.1, 0.15) is 23.0 Å². The molecule has 0 bridgehead atoms. The Bertz CT molecular complexity index is 1110. The van der Waals surface area contributed by atoms with Crippen molar-refractivity contribution >= 4 is 40.8 Å². The zero-order valence-corrected chi connectivity index (χ0v) is 17.1.